The molecule has 6 heteroatoms. The van der Waals surface area contributed by atoms with Crippen LogP contribution >= 0.6 is 0 Å². The van der Waals surface area contributed by atoms with Crippen LogP contribution in [0.25, 0.3) is 0 Å². The fourth-order valence-electron chi connectivity index (χ4n) is 1.59. The number of rotatable bonds is 7. The predicted octanol–water partition coefficient (Wildman–Crippen LogP) is 1.85. The molecule has 1 aromatic rings. The molecule has 0 aliphatic carbocycles. The average Bonchev–Trinajstić information content (AvgIpc) is 2.35. The average molecular weight is 285 g/mol. The molecular weight excluding hydrogens is 266 g/mol. The van der Waals surface area contributed by atoms with E-state index in [9.17, 15) is 13.2 Å². The van der Waals surface area contributed by atoms with E-state index in [4.69, 9.17) is 5.11 Å². The van der Waals surface area contributed by atoms with Crippen LogP contribution in [0.4, 0.5) is 0 Å². The Morgan fingerprint density at radius 1 is 1.21 bits per heavy atom. The normalized spacial score (nSPS) is 13.4. The third kappa shape index (κ3) is 5.00. The maximum atomic E-state index is 12.0. The molecule has 19 heavy (non-hydrogen) atoms. The summed E-state index contributed by atoms with van der Waals surface area (Å²) in [5.74, 6) is -0.830. The van der Waals surface area contributed by atoms with Crippen molar-refractivity contribution in [2.24, 2.45) is 5.92 Å². The lowest BCUT2D eigenvalue weighted by atomic mass is 10.0. The van der Waals surface area contributed by atoms with E-state index in [-0.39, 0.29) is 11.3 Å². The maximum absolute atomic E-state index is 12.0. The lowest BCUT2D eigenvalue weighted by molar-refractivity contribution is -0.139. The minimum absolute atomic E-state index is 0.0748. The van der Waals surface area contributed by atoms with Crippen molar-refractivity contribution in [2.75, 3.05) is 0 Å². The van der Waals surface area contributed by atoms with Gasteiger partial charge in [0.15, 0.2) is 0 Å². The Bertz CT molecular complexity index is 511. The van der Waals surface area contributed by atoms with Crippen molar-refractivity contribution in [1.29, 1.82) is 0 Å². The highest BCUT2D eigenvalue weighted by Crippen LogP contribution is 2.12. The first-order chi connectivity index (χ1) is 8.83. The molecule has 0 aromatic heterocycles. The fourth-order valence-corrected chi connectivity index (χ4v) is 2.83. The number of carbonyl (C=O) groups is 1. The number of benzene rings is 1. The van der Waals surface area contributed by atoms with E-state index in [1.807, 2.05) is 13.8 Å². The zero-order valence-corrected chi connectivity index (χ0v) is 11.9. The van der Waals surface area contributed by atoms with Crippen LogP contribution < -0.4 is 4.72 Å². The Labute approximate surface area is 113 Å². The van der Waals surface area contributed by atoms with E-state index in [1.54, 1.807) is 18.2 Å². The van der Waals surface area contributed by atoms with Gasteiger partial charge in [0, 0.05) is 0 Å². The maximum Gasteiger partial charge on any atom is 0.321 e. The van der Waals surface area contributed by atoms with Crippen LogP contribution in [0.15, 0.2) is 35.2 Å². The standard InChI is InChI=1S/C13H19NO4S/c1-10(2)8-9-12(13(15)16)14-19(17,18)11-6-4-3-5-7-11/h3-7,10,12,14H,8-9H2,1-2H3,(H,15,16). The van der Waals surface area contributed by atoms with Crippen LogP contribution in [0.2, 0.25) is 0 Å². The van der Waals surface area contributed by atoms with Crippen molar-refractivity contribution in [2.45, 2.75) is 37.6 Å². The molecule has 0 aliphatic heterocycles. The van der Waals surface area contributed by atoms with E-state index < -0.39 is 22.0 Å². The van der Waals surface area contributed by atoms with Gasteiger partial charge in [0.05, 0.1) is 4.90 Å². The van der Waals surface area contributed by atoms with Crippen molar-refractivity contribution < 1.29 is 18.3 Å². The summed E-state index contributed by atoms with van der Waals surface area (Å²) >= 11 is 0. The van der Waals surface area contributed by atoms with Crippen LogP contribution in [0, 0.1) is 5.92 Å². The van der Waals surface area contributed by atoms with Gasteiger partial charge in [0.1, 0.15) is 6.04 Å². The summed E-state index contributed by atoms with van der Waals surface area (Å²) < 4.78 is 26.3. The summed E-state index contributed by atoms with van der Waals surface area (Å²) in [5, 5.41) is 9.07. The Balaban J connectivity index is 2.82. The molecule has 2 N–H and O–H groups in total. The quantitative estimate of drug-likeness (QED) is 0.801. The van der Waals surface area contributed by atoms with Crippen LogP contribution in [-0.2, 0) is 14.8 Å². The largest absolute Gasteiger partial charge is 0.480 e. The summed E-state index contributed by atoms with van der Waals surface area (Å²) in [5.41, 5.74) is 0. The Morgan fingerprint density at radius 3 is 2.26 bits per heavy atom. The van der Waals surface area contributed by atoms with Crippen molar-refractivity contribution in [3.8, 4) is 0 Å². The number of nitrogens with one attached hydrogen (secondary N) is 1. The molecule has 0 saturated carbocycles. The van der Waals surface area contributed by atoms with Crippen molar-refractivity contribution in [1.82, 2.24) is 4.72 Å². The third-order valence-corrected chi connectivity index (χ3v) is 4.17. The summed E-state index contributed by atoms with van der Waals surface area (Å²) in [4.78, 5) is 11.2. The first-order valence-electron chi connectivity index (χ1n) is 6.13. The molecule has 5 nitrogen and oxygen atoms in total. The number of hydrogen-bond acceptors (Lipinski definition) is 3. The minimum atomic E-state index is -3.78. The molecule has 1 atom stereocenters. The van der Waals surface area contributed by atoms with Crippen LogP contribution in [-0.4, -0.2) is 25.5 Å². The number of aliphatic carboxylic acids is 1. The van der Waals surface area contributed by atoms with Gasteiger partial charge in [-0.25, -0.2) is 8.42 Å². The first-order valence-corrected chi connectivity index (χ1v) is 7.61. The van der Waals surface area contributed by atoms with Crippen molar-refractivity contribution in [3.05, 3.63) is 30.3 Å². The summed E-state index contributed by atoms with van der Waals surface area (Å²) in [6.07, 6.45) is 0.924. The summed E-state index contributed by atoms with van der Waals surface area (Å²) in [6.45, 7) is 3.93. The van der Waals surface area contributed by atoms with Crippen molar-refractivity contribution in [3.63, 3.8) is 0 Å². The van der Waals surface area contributed by atoms with Crippen LogP contribution in [0.1, 0.15) is 26.7 Å². The van der Waals surface area contributed by atoms with Gasteiger partial charge in [-0.1, -0.05) is 32.0 Å². The molecule has 0 heterocycles. The lowest BCUT2D eigenvalue weighted by Gasteiger charge is -2.15. The molecule has 0 saturated heterocycles. The zero-order chi connectivity index (χ0) is 14.5. The molecule has 1 aromatic carbocycles. The topological polar surface area (TPSA) is 83.5 Å². The highest BCUT2D eigenvalue weighted by Gasteiger charge is 2.25. The van der Waals surface area contributed by atoms with Gasteiger partial charge in [-0.15, -0.1) is 0 Å². The molecular formula is C13H19NO4S. The lowest BCUT2D eigenvalue weighted by Crippen LogP contribution is -2.40. The molecule has 0 amide bonds. The summed E-state index contributed by atoms with van der Waals surface area (Å²) in [6, 6.07) is 6.67. The Hall–Kier alpha value is -1.40. The highest BCUT2D eigenvalue weighted by atomic mass is 32.2. The fraction of sp³-hybridized carbons (Fsp3) is 0.462. The Kier molecular flexibility index (Phi) is 5.50. The second-order valence-electron chi connectivity index (χ2n) is 4.80. The van der Waals surface area contributed by atoms with Gasteiger partial charge in [-0.05, 0) is 30.9 Å². The monoisotopic (exact) mass is 285 g/mol. The summed E-state index contributed by atoms with van der Waals surface area (Å²) in [7, 11) is -3.78. The van der Waals surface area contributed by atoms with Gasteiger partial charge < -0.3 is 5.11 Å². The van der Waals surface area contributed by atoms with Gasteiger partial charge in [-0.2, -0.15) is 4.72 Å². The van der Waals surface area contributed by atoms with E-state index in [0.717, 1.165) is 0 Å². The molecule has 0 spiro atoms. The second kappa shape index (κ2) is 6.68. The molecule has 106 valence electrons. The molecule has 1 rings (SSSR count). The molecule has 0 fully saturated rings. The number of carboxylic acid groups (broad SMARTS) is 1. The van der Waals surface area contributed by atoms with Crippen LogP contribution in [0.5, 0.6) is 0 Å². The van der Waals surface area contributed by atoms with E-state index in [0.29, 0.717) is 12.3 Å². The number of carboxylic acids is 1. The van der Waals surface area contributed by atoms with E-state index in [2.05, 4.69) is 4.72 Å². The van der Waals surface area contributed by atoms with Gasteiger partial charge in [0.2, 0.25) is 10.0 Å². The molecule has 1 unspecified atom stereocenters. The smallest absolute Gasteiger partial charge is 0.321 e. The van der Waals surface area contributed by atoms with Gasteiger partial charge in [0.25, 0.3) is 0 Å². The molecule has 0 bridgehead atoms. The van der Waals surface area contributed by atoms with Crippen LogP contribution in [0.3, 0.4) is 0 Å². The highest BCUT2D eigenvalue weighted by molar-refractivity contribution is 7.89. The van der Waals surface area contributed by atoms with E-state index in [1.165, 1.54) is 12.1 Å². The van der Waals surface area contributed by atoms with Gasteiger partial charge >= 0.3 is 5.97 Å². The number of sulfonamides is 1. The minimum Gasteiger partial charge on any atom is -0.480 e. The van der Waals surface area contributed by atoms with Crippen molar-refractivity contribution >= 4 is 16.0 Å². The zero-order valence-electron chi connectivity index (χ0n) is 11.0. The Morgan fingerprint density at radius 2 is 1.79 bits per heavy atom. The predicted molar refractivity (Wildman–Crippen MR) is 72.3 cm³/mol. The molecule has 0 radical (unpaired) electrons. The van der Waals surface area contributed by atoms with E-state index >= 15 is 0 Å². The third-order valence-electron chi connectivity index (χ3n) is 2.68. The SMILES string of the molecule is CC(C)CCC(NS(=O)(=O)c1ccccc1)C(=O)O. The first kappa shape index (κ1) is 15.7. The second-order valence-corrected chi connectivity index (χ2v) is 6.51. The number of hydrogen-bond donors (Lipinski definition) is 2. The molecule has 0 aliphatic rings. The van der Waals surface area contributed by atoms with Gasteiger partial charge in [-0.3, -0.25) is 4.79 Å².